The van der Waals surface area contributed by atoms with Crippen molar-refractivity contribution in [1.82, 2.24) is 14.7 Å². The zero-order chi connectivity index (χ0) is 20.3. The fourth-order valence-corrected chi connectivity index (χ4v) is 7.25. The predicted molar refractivity (Wildman–Crippen MR) is 110 cm³/mol. The largest absolute Gasteiger partial charge is 0.481 e. The van der Waals surface area contributed by atoms with E-state index < -0.39 is 17.4 Å². The number of likely N-dealkylation sites (N-methyl/N-ethyl adjacent to an activating group) is 1. The normalized spacial score (nSPS) is 36.6. The third kappa shape index (κ3) is 2.92. The molecule has 29 heavy (non-hydrogen) atoms. The number of carbonyl (C=O) groups is 1. The average Bonchev–Trinajstić information content (AvgIpc) is 2.69. The summed E-state index contributed by atoms with van der Waals surface area (Å²) in [6.45, 7) is 6.67. The van der Waals surface area contributed by atoms with Gasteiger partial charge in [-0.15, -0.1) is 0 Å². The third-order valence-corrected chi connectivity index (χ3v) is 8.38. The van der Waals surface area contributed by atoms with Gasteiger partial charge in [0.25, 0.3) is 5.56 Å². The monoisotopic (exact) mass is 420 g/mol. The van der Waals surface area contributed by atoms with Gasteiger partial charge in [-0.05, 0) is 56.4 Å². The Labute approximate surface area is 175 Å². The maximum atomic E-state index is 13.4. The Kier molecular flexibility index (Phi) is 4.66. The van der Waals surface area contributed by atoms with Gasteiger partial charge in [0.2, 0.25) is 0 Å². The van der Waals surface area contributed by atoms with Gasteiger partial charge >= 0.3 is 5.97 Å². The van der Waals surface area contributed by atoms with Crippen molar-refractivity contribution in [1.29, 1.82) is 0 Å². The topological polar surface area (TPSA) is 78.7 Å². The molecule has 6 rings (SSSR count). The zero-order valence-corrected chi connectivity index (χ0v) is 17.6. The second-order valence-corrected chi connectivity index (χ2v) is 9.89. The summed E-state index contributed by atoms with van der Waals surface area (Å²) in [5, 5.41) is 14.8. The number of piperazine rings is 1. The Balaban J connectivity index is 1.52. The summed E-state index contributed by atoms with van der Waals surface area (Å²) < 4.78 is 1.48. The molecule has 0 unspecified atom stereocenters. The quantitative estimate of drug-likeness (QED) is 0.805. The molecule has 1 aliphatic heterocycles. The minimum Gasteiger partial charge on any atom is -0.481 e. The minimum atomic E-state index is -0.793. The van der Waals surface area contributed by atoms with Gasteiger partial charge in [0.15, 0.2) is 0 Å². The second kappa shape index (κ2) is 6.98. The Hall–Kier alpha value is -1.60. The number of halogens is 1. The highest BCUT2D eigenvalue weighted by atomic mass is 35.5. The molecule has 4 saturated carbocycles. The number of carboxylic acid groups (broad SMARTS) is 1. The van der Waals surface area contributed by atoms with Crippen LogP contribution < -0.4 is 10.5 Å². The van der Waals surface area contributed by atoms with Crippen molar-refractivity contribution in [2.24, 2.45) is 23.7 Å². The lowest BCUT2D eigenvalue weighted by atomic mass is 9.48. The molecular formula is C21H29ClN4O3. The van der Waals surface area contributed by atoms with E-state index in [0.29, 0.717) is 17.5 Å². The Morgan fingerprint density at radius 2 is 1.86 bits per heavy atom. The van der Waals surface area contributed by atoms with E-state index in [1.54, 1.807) is 6.20 Å². The molecule has 0 radical (unpaired) electrons. The number of aliphatic carboxylic acids is 1. The lowest BCUT2D eigenvalue weighted by Crippen LogP contribution is -2.63. The molecule has 8 heteroatoms. The van der Waals surface area contributed by atoms with E-state index in [1.807, 2.05) is 0 Å². The fourth-order valence-electron chi connectivity index (χ4n) is 7.00. The van der Waals surface area contributed by atoms with Crippen LogP contribution in [0.3, 0.4) is 0 Å². The number of aromatic nitrogens is 2. The molecule has 4 bridgehead atoms. The first kappa shape index (κ1) is 19.4. The summed E-state index contributed by atoms with van der Waals surface area (Å²) in [6, 6.07) is 0. The van der Waals surface area contributed by atoms with Crippen molar-refractivity contribution in [2.45, 2.75) is 44.6 Å². The van der Waals surface area contributed by atoms with Crippen molar-refractivity contribution in [2.75, 3.05) is 37.6 Å². The first-order valence-corrected chi connectivity index (χ1v) is 11.3. The molecule has 0 aromatic carbocycles. The summed E-state index contributed by atoms with van der Waals surface area (Å²) in [5.74, 6) is -0.198. The first-order valence-electron chi connectivity index (χ1n) is 10.9. The van der Waals surface area contributed by atoms with Crippen molar-refractivity contribution in [3.63, 3.8) is 0 Å². The van der Waals surface area contributed by atoms with Crippen LogP contribution in [0, 0.1) is 23.7 Å². The molecule has 1 aromatic rings. The SMILES string of the molecule is CCN1CCN(c2cnn(C34C[C@@H]5CC(C[C@H](C5)C3)[C@@H]4C(=O)O)c(=O)c2Cl)CC1. The number of hydrogen-bond donors (Lipinski definition) is 1. The van der Waals surface area contributed by atoms with Gasteiger partial charge in [-0.2, -0.15) is 5.10 Å². The van der Waals surface area contributed by atoms with Crippen LogP contribution in [0.15, 0.2) is 11.0 Å². The highest BCUT2D eigenvalue weighted by Crippen LogP contribution is 2.61. The van der Waals surface area contributed by atoms with E-state index in [9.17, 15) is 14.7 Å². The number of carboxylic acids is 1. The Morgan fingerprint density at radius 3 is 2.45 bits per heavy atom. The highest BCUT2D eigenvalue weighted by molar-refractivity contribution is 6.33. The van der Waals surface area contributed by atoms with Crippen LogP contribution in [-0.2, 0) is 10.3 Å². The zero-order valence-electron chi connectivity index (χ0n) is 16.9. The summed E-state index contributed by atoms with van der Waals surface area (Å²) in [4.78, 5) is 30.1. The van der Waals surface area contributed by atoms with E-state index in [-0.39, 0.29) is 16.5 Å². The smallest absolute Gasteiger partial charge is 0.309 e. The molecule has 0 spiro atoms. The van der Waals surface area contributed by atoms with Gasteiger partial charge in [0, 0.05) is 26.2 Å². The van der Waals surface area contributed by atoms with Gasteiger partial charge in [-0.1, -0.05) is 18.5 Å². The molecular weight excluding hydrogens is 392 g/mol. The standard InChI is InChI=1S/C21H29ClN4O3/c1-2-24-3-5-25(6-4-24)16-12-23-26(19(27)18(16)22)21-10-13-7-14(11-21)9-15(8-13)17(21)20(28)29/h12-15,17H,2-11H2,1H3,(H,28,29)/t13-,14-,15?,17+,21?/m0/s1. The second-order valence-electron chi connectivity index (χ2n) is 9.51. The van der Waals surface area contributed by atoms with Crippen LogP contribution >= 0.6 is 11.6 Å². The molecule has 2 heterocycles. The fraction of sp³-hybridized carbons (Fsp3) is 0.762. The van der Waals surface area contributed by atoms with Crippen molar-refractivity contribution < 1.29 is 9.90 Å². The highest BCUT2D eigenvalue weighted by Gasteiger charge is 2.61. The maximum Gasteiger partial charge on any atom is 0.309 e. The van der Waals surface area contributed by atoms with Crippen molar-refractivity contribution >= 4 is 23.3 Å². The van der Waals surface area contributed by atoms with Crippen LogP contribution in [0.1, 0.15) is 39.0 Å². The summed E-state index contributed by atoms with van der Waals surface area (Å²) >= 11 is 6.59. The molecule has 5 fully saturated rings. The first-order chi connectivity index (χ1) is 13.9. The van der Waals surface area contributed by atoms with Gasteiger partial charge in [-0.25, -0.2) is 4.68 Å². The Bertz CT molecular complexity index is 865. The van der Waals surface area contributed by atoms with Gasteiger partial charge in [0.1, 0.15) is 5.02 Å². The van der Waals surface area contributed by atoms with Gasteiger partial charge < -0.3 is 14.9 Å². The van der Waals surface area contributed by atoms with Crippen molar-refractivity contribution in [3.05, 3.63) is 21.6 Å². The van der Waals surface area contributed by atoms with Crippen LogP contribution in [-0.4, -0.2) is 58.5 Å². The van der Waals surface area contributed by atoms with E-state index in [4.69, 9.17) is 11.6 Å². The lowest BCUT2D eigenvalue weighted by Gasteiger charge is -2.59. The van der Waals surface area contributed by atoms with E-state index in [1.165, 1.54) is 4.68 Å². The molecule has 4 aliphatic carbocycles. The summed E-state index contributed by atoms with van der Waals surface area (Å²) in [7, 11) is 0. The van der Waals surface area contributed by atoms with Crippen molar-refractivity contribution in [3.8, 4) is 0 Å². The molecule has 1 aromatic heterocycles. The summed E-state index contributed by atoms with van der Waals surface area (Å²) in [5.41, 5.74) is -0.364. The third-order valence-electron chi connectivity index (χ3n) is 8.02. The van der Waals surface area contributed by atoms with E-state index in [2.05, 4.69) is 21.8 Å². The number of anilines is 1. The average molecular weight is 421 g/mol. The lowest BCUT2D eigenvalue weighted by molar-refractivity contribution is -0.168. The maximum absolute atomic E-state index is 13.4. The van der Waals surface area contributed by atoms with E-state index >= 15 is 0 Å². The summed E-state index contributed by atoms with van der Waals surface area (Å²) in [6.07, 6.45) is 6.26. The van der Waals surface area contributed by atoms with E-state index in [0.717, 1.165) is 64.8 Å². The number of hydrogen-bond acceptors (Lipinski definition) is 5. The van der Waals surface area contributed by atoms with Crippen LogP contribution in [0.4, 0.5) is 5.69 Å². The van der Waals surface area contributed by atoms with Gasteiger partial charge in [0.05, 0.1) is 23.3 Å². The predicted octanol–water partition coefficient (Wildman–Crippen LogP) is 2.27. The molecule has 3 atom stereocenters. The molecule has 158 valence electrons. The number of rotatable bonds is 4. The Morgan fingerprint density at radius 1 is 1.21 bits per heavy atom. The number of nitrogens with zero attached hydrogens (tertiary/aromatic N) is 4. The molecule has 5 aliphatic rings. The van der Waals surface area contributed by atoms with Crippen LogP contribution in [0.2, 0.25) is 5.02 Å². The van der Waals surface area contributed by atoms with Gasteiger partial charge in [-0.3, -0.25) is 9.59 Å². The minimum absolute atomic E-state index is 0.146. The molecule has 0 amide bonds. The molecule has 1 N–H and O–H groups in total. The van der Waals surface area contributed by atoms with Crippen LogP contribution in [0.25, 0.3) is 0 Å². The van der Waals surface area contributed by atoms with Crippen LogP contribution in [0.5, 0.6) is 0 Å². The molecule has 7 nitrogen and oxygen atoms in total. The molecule has 1 saturated heterocycles.